The lowest BCUT2D eigenvalue weighted by Gasteiger charge is -2.47. The van der Waals surface area contributed by atoms with Crippen LogP contribution < -0.4 is 5.32 Å². The van der Waals surface area contributed by atoms with Gasteiger partial charge in [-0.3, -0.25) is 19.4 Å². The molecule has 1 N–H and O–H groups in total. The second kappa shape index (κ2) is 10.5. The lowest BCUT2D eigenvalue weighted by molar-refractivity contribution is -0.123. The predicted molar refractivity (Wildman–Crippen MR) is 126 cm³/mol. The van der Waals surface area contributed by atoms with Crippen LogP contribution in [0.25, 0.3) is 0 Å². The van der Waals surface area contributed by atoms with Gasteiger partial charge in [0, 0.05) is 38.3 Å². The van der Waals surface area contributed by atoms with Crippen molar-refractivity contribution in [2.24, 2.45) is 0 Å². The van der Waals surface area contributed by atoms with E-state index in [0.717, 1.165) is 25.7 Å². The Labute approximate surface area is 204 Å². The molecule has 4 aliphatic rings. The fourth-order valence-electron chi connectivity index (χ4n) is 5.53. The van der Waals surface area contributed by atoms with Gasteiger partial charge in [0.1, 0.15) is 12.1 Å². The van der Waals surface area contributed by atoms with Crippen molar-refractivity contribution in [1.29, 1.82) is 0 Å². The summed E-state index contributed by atoms with van der Waals surface area (Å²) >= 11 is 0. The molecular weight excluding hydrogens is 458 g/mol. The molecule has 2 amide bonds. The first-order valence-electron chi connectivity index (χ1n) is 12.4. The first-order chi connectivity index (χ1) is 16.7. The molecular formula is C25H34F2N4O4. The van der Waals surface area contributed by atoms with Crippen LogP contribution in [-0.4, -0.2) is 89.3 Å². The van der Waals surface area contributed by atoms with Gasteiger partial charge in [-0.05, 0) is 31.1 Å². The van der Waals surface area contributed by atoms with Crippen molar-refractivity contribution in [1.82, 2.24) is 20.0 Å². The van der Waals surface area contributed by atoms with Crippen molar-refractivity contribution in [3.05, 3.63) is 36.2 Å². The number of hydrogen-bond acceptors (Lipinski definition) is 6. The minimum Gasteiger partial charge on any atom is -0.442 e. The quantitative estimate of drug-likeness (QED) is 0.551. The number of rotatable bonds is 7. The molecule has 0 radical (unpaired) electrons. The average Bonchev–Trinajstić information content (AvgIpc) is 3.22. The van der Waals surface area contributed by atoms with E-state index in [-0.39, 0.29) is 36.2 Å². The molecule has 2 saturated heterocycles. The minimum atomic E-state index is -3.26. The third-order valence-corrected chi connectivity index (χ3v) is 7.35. The molecule has 10 heteroatoms. The Hall–Kier alpha value is -2.75. The summed E-state index contributed by atoms with van der Waals surface area (Å²) in [4.78, 5) is 41.2. The molecule has 0 spiro atoms. The van der Waals surface area contributed by atoms with Crippen LogP contribution >= 0.6 is 0 Å². The number of halogens is 2. The van der Waals surface area contributed by atoms with Gasteiger partial charge in [-0.2, -0.15) is 8.78 Å². The summed E-state index contributed by atoms with van der Waals surface area (Å²) in [5, 5.41) is 2.57. The van der Waals surface area contributed by atoms with Gasteiger partial charge >= 0.3 is 6.09 Å². The standard InChI is InChI=1S/C25H34F2N4O4/c1-3-22(33)21-16-29(18-7-5-4-6-8-18)11-12-30(21)23-10-9-19(13-25(23,26)27)31-15-20(35-24(31)34)14-28-17(2)32/h3,9-10,18,20-21H,1,4-8,11-16H2,2H3,(H,28,32)/t20-,21?/m0/s1. The van der Waals surface area contributed by atoms with E-state index >= 15 is 8.78 Å². The maximum absolute atomic E-state index is 15.5. The van der Waals surface area contributed by atoms with Gasteiger partial charge in [-0.15, -0.1) is 0 Å². The zero-order valence-electron chi connectivity index (χ0n) is 20.2. The molecule has 8 nitrogen and oxygen atoms in total. The second-order valence-corrected chi connectivity index (χ2v) is 9.75. The van der Waals surface area contributed by atoms with Crippen LogP contribution in [0.5, 0.6) is 0 Å². The van der Waals surface area contributed by atoms with Gasteiger partial charge in [0.05, 0.1) is 25.2 Å². The number of cyclic esters (lactones) is 1. The Morgan fingerprint density at radius 2 is 1.94 bits per heavy atom. The van der Waals surface area contributed by atoms with Gasteiger partial charge in [-0.1, -0.05) is 25.8 Å². The Morgan fingerprint density at radius 1 is 1.20 bits per heavy atom. The number of allylic oxidation sites excluding steroid dienone is 4. The first kappa shape index (κ1) is 25.3. The van der Waals surface area contributed by atoms with E-state index in [1.807, 2.05) is 0 Å². The van der Waals surface area contributed by atoms with Crippen LogP contribution in [0.2, 0.25) is 0 Å². The van der Waals surface area contributed by atoms with E-state index < -0.39 is 30.6 Å². The van der Waals surface area contributed by atoms with Gasteiger partial charge < -0.3 is 15.0 Å². The lowest BCUT2D eigenvalue weighted by atomic mass is 9.92. The molecule has 192 valence electrons. The fourth-order valence-corrected chi connectivity index (χ4v) is 5.53. The van der Waals surface area contributed by atoms with Crippen molar-refractivity contribution in [3.63, 3.8) is 0 Å². The smallest absolute Gasteiger partial charge is 0.414 e. The summed E-state index contributed by atoms with van der Waals surface area (Å²) in [5.41, 5.74) is -0.0476. The molecule has 2 atom stereocenters. The molecule has 2 aliphatic carbocycles. The number of amides is 2. The van der Waals surface area contributed by atoms with Crippen LogP contribution in [0.3, 0.4) is 0 Å². The van der Waals surface area contributed by atoms with Crippen molar-refractivity contribution in [2.45, 2.75) is 69.6 Å². The van der Waals surface area contributed by atoms with E-state index in [0.29, 0.717) is 25.7 Å². The highest BCUT2D eigenvalue weighted by molar-refractivity contribution is 5.94. The zero-order valence-corrected chi connectivity index (χ0v) is 20.2. The molecule has 0 aromatic carbocycles. The highest BCUT2D eigenvalue weighted by atomic mass is 19.3. The molecule has 0 aromatic heterocycles. The second-order valence-electron chi connectivity index (χ2n) is 9.75. The van der Waals surface area contributed by atoms with Crippen molar-refractivity contribution in [3.8, 4) is 0 Å². The molecule has 3 fully saturated rings. The lowest BCUT2D eigenvalue weighted by Crippen LogP contribution is -2.59. The summed E-state index contributed by atoms with van der Waals surface area (Å²) in [7, 11) is 0. The number of ether oxygens (including phenoxy) is 1. The van der Waals surface area contributed by atoms with Crippen molar-refractivity contribution >= 4 is 17.8 Å². The van der Waals surface area contributed by atoms with Gasteiger partial charge in [0.15, 0.2) is 5.78 Å². The van der Waals surface area contributed by atoms with Crippen LogP contribution in [0.1, 0.15) is 45.4 Å². The number of nitrogens with one attached hydrogen (secondary N) is 1. The number of nitrogens with zero attached hydrogens (tertiary/aromatic N) is 3. The average molecular weight is 493 g/mol. The Morgan fingerprint density at radius 3 is 2.60 bits per heavy atom. The third kappa shape index (κ3) is 5.58. The molecule has 1 unspecified atom stereocenters. The highest BCUT2D eigenvalue weighted by Crippen LogP contribution is 2.40. The Bertz CT molecular complexity index is 928. The molecule has 1 saturated carbocycles. The van der Waals surface area contributed by atoms with E-state index in [1.54, 1.807) is 0 Å². The topological polar surface area (TPSA) is 82.2 Å². The monoisotopic (exact) mass is 492 g/mol. The van der Waals surface area contributed by atoms with Crippen molar-refractivity contribution in [2.75, 3.05) is 32.7 Å². The summed E-state index contributed by atoms with van der Waals surface area (Å²) in [6, 6.07) is -0.320. The van der Waals surface area contributed by atoms with E-state index in [2.05, 4.69) is 16.8 Å². The Balaban J connectivity index is 1.51. The number of hydrogen-bond donors (Lipinski definition) is 1. The number of alkyl halides is 2. The maximum Gasteiger partial charge on any atom is 0.414 e. The summed E-state index contributed by atoms with van der Waals surface area (Å²) in [6.07, 6.45) is 7.78. The summed E-state index contributed by atoms with van der Waals surface area (Å²) in [6.45, 7) is 6.52. The molecule has 2 aliphatic heterocycles. The zero-order chi connectivity index (χ0) is 25.2. The maximum atomic E-state index is 15.5. The summed E-state index contributed by atoms with van der Waals surface area (Å²) < 4.78 is 36.2. The fraction of sp³-hybridized carbons (Fsp3) is 0.640. The first-order valence-corrected chi connectivity index (χ1v) is 12.4. The number of ketones is 1. The third-order valence-electron chi connectivity index (χ3n) is 7.35. The minimum absolute atomic E-state index is 0.0852. The SMILES string of the molecule is C=CC(=O)C1CN(C2CCCCC2)CCN1C1=CC=C(N2C[C@H](CNC(C)=O)OC2=O)CC1(F)F. The molecule has 4 rings (SSSR count). The number of carbonyl (C=O) groups excluding carboxylic acids is 3. The van der Waals surface area contributed by atoms with E-state index in [9.17, 15) is 14.4 Å². The largest absolute Gasteiger partial charge is 0.442 e. The summed E-state index contributed by atoms with van der Waals surface area (Å²) in [5.74, 6) is -3.78. The molecule has 35 heavy (non-hydrogen) atoms. The van der Waals surface area contributed by atoms with E-state index in [4.69, 9.17) is 4.74 Å². The van der Waals surface area contributed by atoms with Crippen LogP contribution in [0.15, 0.2) is 36.2 Å². The van der Waals surface area contributed by atoms with E-state index in [1.165, 1.54) is 41.4 Å². The number of piperazine rings is 1. The van der Waals surface area contributed by atoms with Crippen molar-refractivity contribution < 1.29 is 27.9 Å². The van der Waals surface area contributed by atoms with Crippen LogP contribution in [0, 0.1) is 0 Å². The van der Waals surface area contributed by atoms with Gasteiger partial charge in [0.2, 0.25) is 5.91 Å². The van der Waals surface area contributed by atoms with Gasteiger partial charge in [0.25, 0.3) is 5.92 Å². The predicted octanol–water partition coefficient (Wildman–Crippen LogP) is 2.82. The highest BCUT2D eigenvalue weighted by Gasteiger charge is 2.47. The van der Waals surface area contributed by atoms with Crippen LogP contribution in [-0.2, 0) is 14.3 Å². The Kier molecular flexibility index (Phi) is 7.59. The van der Waals surface area contributed by atoms with Crippen LogP contribution in [0.4, 0.5) is 13.6 Å². The molecule has 2 heterocycles. The normalized spacial score (nSPS) is 27.7. The molecule has 0 bridgehead atoms. The van der Waals surface area contributed by atoms with Gasteiger partial charge in [-0.25, -0.2) is 4.79 Å². The number of carbonyl (C=O) groups is 3. The molecule has 0 aromatic rings.